The number of ether oxygens (including phenoxy) is 1. The normalized spacial score (nSPS) is 22.4. The molecule has 0 saturated heterocycles. The van der Waals surface area contributed by atoms with Gasteiger partial charge in [-0.1, -0.05) is 6.07 Å². The average Bonchev–Trinajstić information content (AvgIpc) is 2.88. The van der Waals surface area contributed by atoms with Gasteiger partial charge in [0.1, 0.15) is 11.6 Å². The summed E-state index contributed by atoms with van der Waals surface area (Å²) in [6, 6.07) is 5.76. The molecule has 2 aromatic rings. The van der Waals surface area contributed by atoms with E-state index >= 15 is 0 Å². The smallest absolute Gasteiger partial charge is 0.429 e. The number of benzene rings is 2. The second-order valence-corrected chi connectivity index (χ2v) is 7.09. The van der Waals surface area contributed by atoms with Crippen LogP contribution in [0.5, 0.6) is 5.75 Å². The minimum Gasteiger partial charge on any atom is -0.430 e. The second-order valence-electron chi connectivity index (χ2n) is 7.09. The zero-order valence-electron chi connectivity index (χ0n) is 14.7. The van der Waals surface area contributed by atoms with Crippen molar-refractivity contribution in [2.24, 2.45) is 0 Å². The van der Waals surface area contributed by atoms with Gasteiger partial charge in [-0.25, -0.2) is 4.39 Å². The summed E-state index contributed by atoms with van der Waals surface area (Å²) in [5.74, 6) is -2.11. The predicted molar refractivity (Wildman–Crippen MR) is 87.9 cm³/mol. The first-order chi connectivity index (χ1) is 13.5. The minimum atomic E-state index is -4.97. The van der Waals surface area contributed by atoms with Gasteiger partial charge in [0.15, 0.2) is 6.10 Å². The number of fused-ring (bicyclic) bond motifs is 2. The first kappa shape index (κ1) is 19.6. The Morgan fingerprint density at radius 1 is 1.17 bits per heavy atom. The molecular formula is C20H13F6NO2. The van der Waals surface area contributed by atoms with Gasteiger partial charge in [-0.3, -0.25) is 0 Å². The van der Waals surface area contributed by atoms with E-state index in [1.807, 2.05) is 6.07 Å². The Bertz CT molecular complexity index is 1040. The van der Waals surface area contributed by atoms with E-state index in [0.717, 1.165) is 12.1 Å². The van der Waals surface area contributed by atoms with Crippen LogP contribution in [0.2, 0.25) is 0 Å². The van der Waals surface area contributed by atoms with E-state index in [1.54, 1.807) is 0 Å². The number of aliphatic hydroxyl groups excluding tert-OH is 1. The number of aryl methyl sites for hydroxylation is 1. The molecule has 4 rings (SSSR count). The molecule has 2 aromatic carbocycles. The van der Waals surface area contributed by atoms with E-state index in [9.17, 15) is 36.7 Å². The van der Waals surface area contributed by atoms with Crippen molar-refractivity contribution < 1.29 is 36.2 Å². The predicted octanol–water partition coefficient (Wildman–Crippen LogP) is 5.20. The third-order valence-corrected chi connectivity index (χ3v) is 5.38. The van der Waals surface area contributed by atoms with Gasteiger partial charge >= 0.3 is 12.3 Å². The molecule has 152 valence electrons. The van der Waals surface area contributed by atoms with E-state index in [4.69, 9.17) is 0 Å². The minimum absolute atomic E-state index is 0.00767. The Kier molecular flexibility index (Phi) is 4.31. The summed E-state index contributed by atoms with van der Waals surface area (Å²) in [7, 11) is 0. The first-order valence-corrected chi connectivity index (χ1v) is 8.76. The van der Waals surface area contributed by atoms with Crippen LogP contribution in [0.4, 0.5) is 26.3 Å². The van der Waals surface area contributed by atoms with Gasteiger partial charge in [-0.05, 0) is 48.6 Å². The number of aliphatic hydroxyl groups is 1. The molecule has 0 unspecified atom stereocenters. The highest BCUT2D eigenvalue weighted by molar-refractivity contribution is 5.58. The number of halogens is 6. The highest BCUT2D eigenvalue weighted by atomic mass is 19.4. The van der Waals surface area contributed by atoms with Crippen LogP contribution in [-0.4, -0.2) is 11.2 Å². The number of nitriles is 1. The molecule has 1 N–H and O–H groups in total. The lowest BCUT2D eigenvalue weighted by atomic mass is 9.76. The maximum Gasteiger partial charge on any atom is 0.429 e. The van der Waals surface area contributed by atoms with E-state index in [0.29, 0.717) is 36.5 Å². The molecule has 0 fully saturated rings. The number of hydrogen-bond donors (Lipinski definition) is 1. The monoisotopic (exact) mass is 413 g/mol. The summed E-state index contributed by atoms with van der Waals surface area (Å²) in [4.78, 5) is 0. The van der Waals surface area contributed by atoms with Crippen LogP contribution < -0.4 is 4.74 Å². The van der Waals surface area contributed by atoms with Crippen molar-refractivity contribution in [2.45, 2.75) is 43.6 Å². The maximum absolute atomic E-state index is 14.0. The van der Waals surface area contributed by atoms with E-state index in [2.05, 4.69) is 4.74 Å². The quantitative estimate of drug-likeness (QED) is 0.654. The summed E-state index contributed by atoms with van der Waals surface area (Å²) in [5.41, 5.74) is -1.55. The van der Waals surface area contributed by atoms with E-state index in [1.165, 1.54) is 6.07 Å². The zero-order chi connectivity index (χ0) is 21.1. The lowest BCUT2D eigenvalue weighted by Gasteiger charge is -2.28. The van der Waals surface area contributed by atoms with Gasteiger partial charge in [0.2, 0.25) is 0 Å². The molecule has 3 nitrogen and oxygen atoms in total. The van der Waals surface area contributed by atoms with Crippen molar-refractivity contribution in [3.05, 3.63) is 63.5 Å². The van der Waals surface area contributed by atoms with Gasteiger partial charge in [0, 0.05) is 17.0 Å². The molecule has 2 atom stereocenters. The van der Waals surface area contributed by atoms with Crippen molar-refractivity contribution >= 4 is 0 Å². The summed E-state index contributed by atoms with van der Waals surface area (Å²) < 4.78 is 86.3. The molecule has 9 heteroatoms. The van der Waals surface area contributed by atoms with Crippen molar-refractivity contribution in [1.29, 1.82) is 5.26 Å². The van der Waals surface area contributed by atoms with Crippen LogP contribution in [-0.2, 0) is 12.6 Å². The molecule has 0 aromatic heterocycles. The molecule has 1 heterocycles. The molecule has 0 amide bonds. The van der Waals surface area contributed by atoms with Crippen LogP contribution in [0, 0.1) is 17.1 Å². The fourth-order valence-electron chi connectivity index (χ4n) is 4.22. The number of nitrogens with zero attached hydrogens (tertiary/aromatic N) is 1. The van der Waals surface area contributed by atoms with Gasteiger partial charge in [0.25, 0.3) is 0 Å². The molecule has 0 saturated carbocycles. The lowest BCUT2D eigenvalue weighted by Crippen LogP contribution is -2.27. The van der Waals surface area contributed by atoms with Crippen molar-refractivity contribution in [1.82, 2.24) is 0 Å². The van der Waals surface area contributed by atoms with Crippen molar-refractivity contribution in [3.63, 3.8) is 0 Å². The lowest BCUT2D eigenvalue weighted by molar-refractivity contribution is -0.225. The number of rotatable bonds is 1. The fraction of sp³-hybridized carbons (Fsp3) is 0.350. The highest BCUT2D eigenvalue weighted by Crippen LogP contribution is 2.55. The molecule has 0 bridgehead atoms. The number of alkyl halides is 5. The Morgan fingerprint density at radius 3 is 2.55 bits per heavy atom. The van der Waals surface area contributed by atoms with Crippen LogP contribution in [0.3, 0.4) is 0 Å². The molecule has 1 aliphatic carbocycles. The Morgan fingerprint density at radius 2 is 1.90 bits per heavy atom. The van der Waals surface area contributed by atoms with Gasteiger partial charge in [-0.15, -0.1) is 0 Å². The summed E-state index contributed by atoms with van der Waals surface area (Å²) in [6.45, 7) is 0. The highest BCUT2D eigenvalue weighted by Gasteiger charge is 2.55. The van der Waals surface area contributed by atoms with Gasteiger partial charge in [0.05, 0.1) is 17.2 Å². The van der Waals surface area contributed by atoms with Crippen LogP contribution in [0.1, 0.15) is 58.2 Å². The standard InChI is InChI=1S/C20H13F6NO2/c21-11-6-9-2-1-3-12(15(9)10(7-11)8-27)13-4-5-14(19(22,23)24)16-17(13)29-20(25,26)18(16)28/h4-7,12,18,28H,1-3H2/t12-,18+/m1/s1. The SMILES string of the molecule is N#Cc1cc(F)cc2c1[C@@H](c1ccc(C(F)(F)F)c3c1OC(F)(F)[C@H]3O)CCC2. The van der Waals surface area contributed by atoms with Crippen LogP contribution >= 0.6 is 0 Å². The Balaban J connectivity index is 1.96. The molecule has 29 heavy (non-hydrogen) atoms. The zero-order valence-corrected chi connectivity index (χ0v) is 14.7. The third-order valence-electron chi connectivity index (χ3n) is 5.38. The molecular weight excluding hydrogens is 400 g/mol. The summed E-state index contributed by atoms with van der Waals surface area (Å²) in [5, 5.41) is 19.2. The van der Waals surface area contributed by atoms with Gasteiger partial charge in [-0.2, -0.15) is 27.2 Å². The molecule has 0 radical (unpaired) electrons. The van der Waals surface area contributed by atoms with Crippen LogP contribution in [0.15, 0.2) is 24.3 Å². The van der Waals surface area contributed by atoms with Crippen molar-refractivity contribution in [3.8, 4) is 11.8 Å². The molecule has 2 aliphatic rings. The second kappa shape index (κ2) is 6.39. The van der Waals surface area contributed by atoms with E-state index < -0.39 is 47.0 Å². The summed E-state index contributed by atoms with van der Waals surface area (Å²) in [6.07, 6.45) is -10.7. The Hall–Kier alpha value is -2.73. The maximum atomic E-state index is 14.0. The van der Waals surface area contributed by atoms with Crippen LogP contribution in [0.25, 0.3) is 0 Å². The largest absolute Gasteiger partial charge is 0.430 e. The fourth-order valence-corrected chi connectivity index (χ4v) is 4.22. The first-order valence-electron chi connectivity index (χ1n) is 8.76. The Labute approximate surface area is 161 Å². The average molecular weight is 413 g/mol. The van der Waals surface area contributed by atoms with Crippen molar-refractivity contribution in [2.75, 3.05) is 0 Å². The van der Waals surface area contributed by atoms with E-state index in [-0.39, 0.29) is 11.1 Å². The molecule has 0 spiro atoms. The topological polar surface area (TPSA) is 53.2 Å². The van der Waals surface area contributed by atoms with Gasteiger partial charge < -0.3 is 9.84 Å². The third kappa shape index (κ3) is 3.02. The number of hydrogen-bond acceptors (Lipinski definition) is 3. The molecule has 1 aliphatic heterocycles. The summed E-state index contributed by atoms with van der Waals surface area (Å²) >= 11 is 0.